The number of thiol groups is 1. The molecule has 0 radical (unpaired) electrons. The predicted molar refractivity (Wildman–Crippen MR) is 152 cm³/mol. The van der Waals surface area contributed by atoms with Crippen molar-refractivity contribution in [3.05, 3.63) is 76.7 Å². The third-order valence-corrected chi connectivity index (χ3v) is 8.21. The SMILES string of the molecule is CC(=O)c1nn(CC(=O)N2C[C@H](F)C[C@H]2C(O)=[SH]Cc2cccc(Cl)c2F)c2ccc(-c3cnc(C)nc3)cc12. The van der Waals surface area contributed by atoms with Gasteiger partial charge in [0.2, 0.25) is 5.91 Å². The molecule has 3 heterocycles. The monoisotopic (exact) mass is 585 g/mol. The molecule has 1 saturated heterocycles. The number of hydrogen-bond donors (Lipinski definition) is 2. The maximum absolute atomic E-state index is 14.5. The van der Waals surface area contributed by atoms with E-state index in [0.29, 0.717) is 33.6 Å². The van der Waals surface area contributed by atoms with Crippen LogP contribution in [0.2, 0.25) is 5.02 Å². The first-order chi connectivity index (χ1) is 19.1. The zero-order valence-electron chi connectivity index (χ0n) is 21.7. The maximum atomic E-state index is 14.5. The van der Waals surface area contributed by atoms with Crippen molar-refractivity contribution in [1.82, 2.24) is 24.6 Å². The van der Waals surface area contributed by atoms with Gasteiger partial charge in [0.25, 0.3) is 0 Å². The summed E-state index contributed by atoms with van der Waals surface area (Å²) in [5.74, 6) is -0.549. The van der Waals surface area contributed by atoms with Gasteiger partial charge >= 0.3 is 0 Å². The van der Waals surface area contributed by atoms with Crippen molar-refractivity contribution in [2.24, 2.45) is 0 Å². The molecular formula is C28H26ClF2N5O3S. The minimum atomic E-state index is -1.32. The lowest BCUT2D eigenvalue weighted by atomic mass is 10.0. The van der Waals surface area contributed by atoms with Gasteiger partial charge in [-0.1, -0.05) is 29.8 Å². The van der Waals surface area contributed by atoms with Gasteiger partial charge in [-0.25, -0.2) is 18.7 Å². The maximum Gasteiger partial charge on any atom is 0.245 e. The summed E-state index contributed by atoms with van der Waals surface area (Å²) < 4.78 is 30.2. The fraction of sp³-hybridized carbons (Fsp3) is 0.286. The normalized spacial score (nSPS) is 17.8. The smallest absolute Gasteiger partial charge is 0.245 e. The van der Waals surface area contributed by atoms with E-state index in [4.69, 9.17) is 11.6 Å². The van der Waals surface area contributed by atoms with Crippen LogP contribution < -0.4 is 0 Å². The number of amides is 1. The number of aliphatic hydroxyl groups is 1. The van der Waals surface area contributed by atoms with E-state index in [1.54, 1.807) is 43.6 Å². The summed E-state index contributed by atoms with van der Waals surface area (Å²) in [5, 5.41) is 15.6. The minimum absolute atomic E-state index is 0.0237. The lowest BCUT2D eigenvalue weighted by Gasteiger charge is -2.24. The highest BCUT2D eigenvalue weighted by atomic mass is 35.5. The molecule has 1 aliphatic heterocycles. The van der Waals surface area contributed by atoms with E-state index in [2.05, 4.69) is 15.1 Å². The van der Waals surface area contributed by atoms with Crippen LogP contribution in [0.3, 0.4) is 0 Å². The Labute approximate surface area is 237 Å². The van der Waals surface area contributed by atoms with Crippen molar-refractivity contribution >= 4 is 50.6 Å². The van der Waals surface area contributed by atoms with Gasteiger partial charge in [-0.2, -0.15) is 16.4 Å². The number of ketones is 1. The number of benzene rings is 2. The van der Waals surface area contributed by atoms with E-state index in [1.807, 2.05) is 6.07 Å². The van der Waals surface area contributed by atoms with Crippen LogP contribution in [0.4, 0.5) is 8.78 Å². The average molecular weight is 586 g/mol. The molecule has 1 N–H and O–H groups in total. The quantitative estimate of drug-likeness (QED) is 0.178. The van der Waals surface area contributed by atoms with Crippen molar-refractivity contribution in [3.63, 3.8) is 0 Å². The first-order valence-electron chi connectivity index (χ1n) is 12.5. The molecule has 12 heteroatoms. The number of carbonyl (C=O) groups is 2. The standard InChI is InChI=1S/C28H26ClF2N5O3S/c1-15(37)27-21-8-17(19-10-32-16(2)33-11-19)6-7-23(21)36(34-27)13-25(38)35-12-20(30)9-24(35)28(39)40-14-18-4-3-5-22(29)26(18)31/h3-8,10-11,20,24,39-40H,9,12-14H2,1-2H3/t20-,24+/m1/s1. The number of aromatic nitrogens is 4. The number of halogens is 3. The molecule has 2 aromatic carbocycles. The van der Waals surface area contributed by atoms with Crippen molar-refractivity contribution in [2.75, 3.05) is 6.54 Å². The Morgan fingerprint density at radius 2 is 1.93 bits per heavy atom. The van der Waals surface area contributed by atoms with E-state index >= 15 is 0 Å². The molecule has 0 bridgehead atoms. The Hall–Kier alpha value is -3.54. The topological polar surface area (TPSA) is 101 Å². The highest BCUT2D eigenvalue weighted by molar-refractivity contribution is 7.97. The van der Waals surface area contributed by atoms with Gasteiger partial charge in [-0.15, -0.1) is 0 Å². The number of alkyl halides is 1. The van der Waals surface area contributed by atoms with Gasteiger partial charge < -0.3 is 10.0 Å². The number of nitrogens with zero attached hydrogens (tertiary/aromatic N) is 5. The zero-order valence-corrected chi connectivity index (χ0v) is 23.3. The van der Waals surface area contributed by atoms with Gasteiger partial charge in [0.05, 0.1) is 28.2 Å². The van der Waals surface area contributed by atoms with Crippen LogP contribution in [-0.4, -0.2) is 65.3 Å². The van der Waals surface area contributed by atoms with Crippen LogP contribution in [0.25, 0.3) is 22.0 Å². The molecule has 1 amide bonds. The molecule has 4 aromatic rings. The molecule has 8 nitrogen and oxygen atoms in total. The minimum Gasteiger partial charge on any atom is -0.357 e. The molecule has 0 aliphatic carbocycles. The third kappa shape index (κ3) is 5.67. The number of aliphatic hydroxyl groups excluding tert-OH is 1. The fourth-order valence-electron chi connectivity index (χ4n) is 4.75. The Kier molecular flexibility index (Phi) is 8.07. The molecular weight excluding hydrogens is 560 g/mol. The first kappa shape index (κ1) is 28.0. The second kappa shape index (κ2) is 11.5. The molecule has 2 atom stereocenters. The summed E-state index contributed by atoms with van der Waals surface area (Å²) in [5.41, 5.74) is 2.63. The van der Waals surface area contributed by atoms with Crippen LogP contribution in [-0.2, 0) is 17.1 Å². The molecule has 0 spiro atoms. The number of aryl methyl sites for hydroxylation is 1. The van der Waals surface area contributed by atoms with Crippen molar-refractivity contribution < 1.29 is 23.5 Å². The number of fused-ring (bicyclic) bond motifs is 1. The largest absolute Gasteiger partial charge is 0.357 e. The molecule has 5 rings (SSSR count). The van der Waals surface area contributed by atoms with Crippen LogP contribution in [0.5, 0.6) is 0 Å². The lowest BCUT2D eigenvalue weighted by Crippen LogP contribution is -2.42. The average Bonchev–Trinajstić information content (AvgIpc) is 3.50. The molecule has 2 aromatic heterocycles. The number of carbonyl (C=O) groups excluding carboxylic acids is 2. The van der Waals surface area contributed by atoms with Gasteiger partial charge in [-0.3, -0.25) is 14.3 Å². The summed E-state index contributed by atoms with van der Waals surface area (Å²) in [4.78, 5) is 35.5. The van der Waals surface area contributed by atoms with Crippen molar-refractivity contribution in [1.29, 1.82) is 0 Å². The lowest BCUT2D eigenvalue weighted by molar-refractivity contribution is -0.132. The van der Waals surface area contributed by atoms with E-state index in [-0.39, 0.29) is 46.8 Å². The van der Waals surface area contributed by atoms with E-state index in [1.165, 1.54) is 22.6 Å². The Morgan fingerprint density at radius 3 is 2.65 bits per heavy atom. The number of likely N-dealkylation sites (tertiary alicyclic amines) is 1. The summed E-state index contributed by atoms with van der Waals surface area (Å²) in [6, 6.07) is 9.12. The molecule has 40 heavy (non-hydrogen) atoms. The molecule has 0 unspecified atom stereocenters. The van der Waals surface area contributed by atoms with Crippen LogP contribution in [0.15, 0.2) is 48.8 Å². The Morgan fingerprint density at radius 1 is 1.18 bits per heavy atom. The second-order valence-electron chi connectivity index (χ2n) is 9.60. The molecule has 208 valence electrons. The number of Topliss-reactive ketones (excluding diaryl/α,β-unsaturated/α-hetero) is 1. The predicted octanol–water partition coefficient (Wildman–Crippen LogP) is 5.09. The number of hydrogen-bond acceptors (Lipinski definition) is 5. The first-order valence-corrected chi connectivity index (χ1v) is 14.0. The van der Waals surface area contributed by atoms with Crippen LogP contribution in [0.1, 0.15) is 35.2 Å². The van der Waals surface area contributed by atoms with Crippen LogP contribution >= 0.6 is 23.0 Å². The highest BCUT2D eigenvalue weighted by Gasteiger charge is 2.37. The summed E-state index contributed by atoms with van der Waals surface area (Å²) in [7, 11) is 0. The van der Waals surface area contributed by atoms with Crippen molar-refractivity contribution in [2.45, 2.75) is 44.8 Å². The summed E-state index contributed by atoms with van der Waals surface area (Å²) in [6.07, 6.45) is 1.99. The second-order valence-corrected chi connectivity index (χ2v) is 11.1. The Bertz CT molecular complexity index is 1640. The fourth-order valence-corrected chi connectivity index (χ4v) is 5.97. The van der Waals surface area contributed by atoms with Crippen molar-refractivity contribution in [3.8, 4) is 11.1 Å². The van der Waals surface area contributed by atoms with Gasteiger partial charge in [0.1, 0.15) is 30.1 Å². The van der Waals surface area contributed by atoms with E-state index < -0.39 is 23.9 Å². The van der Waals surface area contributed by atoms with Gasteiger partial charge in [0, 0.05) is 42.4 Å². The third-order valence-electron chi connectivity index (χ3n) is 6.79. The molecule has 0 saturated carbocycles. The van der Waals surface area contributed by atoms with Gasteiger partial charge in [-0.05, 0) is 36.2 Å². The van der Waals surface area contributed by atoms with Gasteiger partial charge in [0.15, 0.2) is 5.78 Å². The number of rotatable bonds is 7. The van der Waals surface area contributed by atoms with E-state index in [9.17, 15) is 23.5 Å². The summed E-state index contributed by atoms with van der Waals surface area (Å²) >= 11 is 6.18. The summed E-state index contributed by atoms with van der Waals surface area (Å²) in [6.45, 7) is 2.74. The molecule has 1 fully saturated rings. The Balaban J connectivity index is 1.40. The zero-order chi connectivity index (χ0) is 28.6. The highest BCUT2D eigenvalue weighted by Crippen LogP contribution is 2.28. The van der Waals surface area contributed by atoms with Crippen LogP contribution in [0, 0.1) is 12.7 Å². The van der Waals surface area contributed by atoms with E-state index in [0.717, 1.165) is 11.1 Å². The molecule has 1 aliphatic rings.